The molecule has 5 nitrogen and oxygen atoms in total. The van der Waals surface area contributed by atoms with E-state index in [1.807, 2.05) is 20.8 Å². The molecule has 0 unspecified atom stereocenters. The van der Waals surface area contributed by atoms with Gasteiger partial charge in [-0.1, -0.05) is 19.1 Å². The highest BCUT2D eigenvalue weighted by Gasteiger charge is 2.28. The zero-order chi connectivity index (χ0) is 16.0. The first-order valence-corrected chi connectivity index (χ1v) is 8.55. The maximum absolute atomic E-state index is 12.9. The molecule has 0 amide bonds. The van der Waals surface area contributed by atoms with Crippen molar-refractivity contribution in [3.63, 3.8) is 0 Å². The van der Waals surface area contributed by atoms with Gasteiger partial charge in [-0.05, 0) is 37.5 Å². The number of aryl methyl sites for hydroxylation is 1. The number of sulfonamides is 1. The van der Waals surface area contributed by atoms with Gasteiger partial charge in [-0.3, -0.25) is 0 Å². The summed E-state index contributed by atoms with van der Waals surface area (Å²) in [5.74, 6) is 0. The van der Waals surface area contributed by atoms with Crippen molar-refractivity contribution in [2.45, 2.75) is 44.7 Å². The van der Waals surface area contributed by atoms with Gasteiger partial charge in [0.2, 0.25) is 10.0 Å². The Morgan fingerprint density at radius 3 is 2.48 bits per heavy atom. The van der Waals surface area contributed by atoms with E-state index in [-0.39, 0.29) is 17.5 Å². The Balaban J connectivity index is 3.32. The Labute approximate surface area is 127 Å². The molecule has 0 aliphatic heterocycles. The van der Waals surface area contributed by atoms with Crippen LogP contribution in [0.2, 0.25) is 0 Å². The molecule has 1 aromatic rings. The van der Waals surface area contributed by atoms with Gasteiger partial charge < -0.3 is 9.84 Å². The van der Waals surface area contributed by atoms with Gasteiger partial charge in [0.1, 0.15) is 0 Å². The second kappa shape index (κ2) is 7.89. The molecule has 21 heavy (non-hydrogen) atoms. The predicted molar refractivity (Wildman–Crippen MR) is 82.6 cm³/mol. The largest absolute Gasteiger partial charge is 0.392 e. The molecule has 0 aromatic heterocycles. The van der Waals surface area contributed by atoms with E-state index in [4.69, 9.17) is 4.74 Å². The molecule has 0 radical (unpaired) electrons. The first-order chi connectivity index (χ1) is 9.88. The van der Waals surface area contributed by atoms with Crippen LogP contribution in [0.1, 0.15) is 31.9 Å². The predicted octanol–water partition coefficient (Wildman–Crippen LogP) is 1.79. The monoisotopic (exact) mass is 315 g/mol. The number of aliphatic hydroxyl groups is 1. The second-order valence-corrected chi connectivity index (χ2v) is 7.02. The smallest absolute Gasteiger partial charge is 0.243 e. The van der Waals surface area contributed by atoms with Gasteiger partial charge in [0.25, 0.3) is 0 Å². The Morgan fingerprint density at radius 2 is 2.00 bits per heavy atom. The lowest BCUT2D eigenvalue weighted by atomic mass is 10.1. The number of hydrogen-bond acceptors (Lipinski definition) is 4. The molecule has 1 N–H and O–H groups in total. The molecule has 1 rings (SSSR count). The molecule has 0 bridgehead atoms. The number of ether oxygens (including phenoxy) is 1. The maximum Gasteiger partial charge on any atom is 0.243 e. The van der Waals surface area contributed by atoms with Gasteiger partial charge in [0.05, 0.1) is 18.1 Å². The summed E-state index contributed by atoms with van der Waals surface area (Å²) >= 11 is 0. The molecule has 0 spiro atoms. The van der Waals surface area contributed by atoms with Crippen molar-refractivity contribution < 1.29 is 18.3 Å². The summed E-state index contributed by atoms with van der Waals surface area (Å²) < 4.78 is 32.3. The average molecular weight is 315 g/mol. The molecule has 1 aromatic carbocycles. The minimum atomic E-state index is -3.61. The molecular weight excluding hydrogens is 290 g/mol. The first-order valence-electron chi connectivity index (χ1n) is 7.11. The summed E-state index contributed by atoms with van der Waals surface area (Å²) in [7, 11) is -2.06. The highest BCUT2D eigenvalue weighted by molar-refractivity contribution is 7.89. The lowest BCUT2D eigenvalue weighted by Crippen LogP contribution is -2.39. The van der Waals surface area contributed by atoms with Gasteiger partial charge in [-0.15, -0.1) is 0 Å². The minimum absolute atomic E-state index is 0.160. The fourth-order valence-corrected chi connectivity index (χ4v) is 4.16. The van der Waals surface area contributed by atoms with Crippen molar-refractivity contribution in [3.05, 3.63) is 29.3 Å². The molecule has 6 heteroatoms. The first kappa shape index (κ1) is 18.1. The van der Waals surface area contributed by atoms with Crippen LogP contribution >= 0.6 is 0 Å². The zero-order valence-corrected chi connectivity index (χ0v) is 14.0. The quantitative estimate of drug-likeness (QED) is 0.794. The summed E-state index contributed by atoms with van der Waals surface area (Å²) in [4.78, 5) is 0.279. The van der Waals surface area contributed by atoms with Crippen molar-refractivity contribution in [2.24, 2.45) is 0 Å². The van der Waals surface area contributed by atoms with Crippen LogP contribution in [0.3, 0.4) is 0 Å². The van der Waals surface area contributed by atoms with Gasteiger partial charge in [-0.2, -0.15) is 4.31 Å². The SMILES string of the molecule is CCc1ccc(CO)cc1S(=O)(=O)N(CCOC)C(C)C. The second-order valence-electron chi connectivity index (χ2n) is 5.16. The van der Waals surface area contributed by atoms with Crippen LogP contribution in [0.25, 0.3) is 0 Å². The van der Waals surface area contributed by atoms with E-state index in [0.29, 0.717) is 25.1 Å². The van der Waals surface area contributed by atoms with Crippen LogP contribution in [-0.2, 0) is 27.8 Å². The van der Waals surface area contributed by atoms with Crippen LogP contribution < -0.4 is 0 Å². The van der Waals surface area contributed by atoms with E-state index in [9.17, 15) is 13.5 Å². The van der Waals surface area contributed by atoms with E-state index < -0.39 is 10.0 Å². The third-order valence-electron chi connectivity index (χ3n) is 3.37. The number of methoxy groups -OCH3 is 1. The van der Waals surface area contributed by atoms with Crippen LogP contribution in [0.15, 0.2) is 23.1 Å². The fourth-order valence-electron chi connectivity index (χ4n) is 2.19. The molecule has 0 fully saturated rings. The van der Waals surface area contributed by atoms with Crippen LogP contribution in [0.4, 0.5) is 0 Å². The summed E-state index contributed by atoms with van der Waals surface area (Å²) in [6, 6.07) is 4.93. The van der Waals surface area contributed by atoms with Crippen molar-refractivity contribution in [1.29, 1.82) is 0 Å². The maximum atomic E-state index is 12.9. The Bertz CT molecular complexity index is 555. The summed E-state index contributed by atoms with van der Waals surface area (Å²) in [6.07, 6.45) is 0.622. The average Bonchev–Trinajstić information content (AvgIpc) is 2.46. The number of nitrogens with zero attached hydrogens (tertiary/aromatic N) is 1. The van der Waals surface area contributed by atoms with Gasteiger partial charge in [-0.25, -0.2) is 8.42 Å². The highest BCUT2D eigenvalue weighted by atomic mass is 32.2. The molecular formula is C15H25NO4S. The van der Waals surface area contributed by atoms with E-state index >= 15 is 0 Å². The number of hydrogen-bond donors (Lipinski definition) is 1. The molecule has 0 aliphatic carbocycles. The molecule has 0 saturated heterocycles. The lowest BCUT2D eigenvalue weighted by Gasteiger charge is -2.26. The molecule has 0 heterocycles. The number of aliphatic hydroxyl groups excluding tert-OH is 1. The molecule has 0 atom stereocenters. The normalized spacial score (nSPS) is 12.3. The third kappa shape index (κ3) is 4.26. The van der Waals surface area contributed by atoms with E-state index in [1.54, 1.807) is 25.3 Å². The Hall–Kier alpha value is -0.950. The Kier molecular flexibility index (Phi) is 6.80. The lowest BCUT2D eigenvalue weighted by molar-refractivity contribution is 0.171. The van der Waals surface area contributed by atoms with E-state index in [2.05, 4.69) is 0 Å². The van der Waals surface area contributed by atoms with Gasteiger partial charge in [0.15, 0.2) is 0 Å². The highest BCUT2D eigenvalue weighted by Crippen LogP contribution is 2.24. The number of benzene rings is 1. The summed E-state index contributed by atoms with van der Waals surface area (Å²) in [5.41, 5.74) is 1.36. The molecule has 120 valence electrons. The van der Waals surface area contributed by atoms with Gasteiger partial charge >= 0.3 is 0 Å². The fraction of sp³-hybridized carbons (Fsp3) is 0.600. The summed E-state index contributed by atoms with van der Waals surface area (Å²) in [5, 5.41) is 9.25. The van der Waals surface area contributed by atoms with Crippen molar-refractivity contribution >= 4 is 10.0 Å². The van der Waals surface area contributed by atoms with Crippen LogP contribution in [-0.4, -0.2) is 44.1 Å². The van der Waals surface area contributed by atoms with Crippen molar-refractivity contribution in [2.75, 3.05) is 20.3 Å². The Morgan fingerprint density at radius 1 is 1.33 bits per heavy atom. The van der Waals surface area contributed by atoms with E-state index in [1.165, 1.54) is 4.31 Å². The van der Waals surface area contributed by atoms with Crippen LogP contribution in [0.5, 0.6) is 0 Å². The van der Waals surface area contributed by atoms with E-state index in [0.717, 1.165) is 5.56 Å². The standard InChI is InChI=1S/C15H25NO4S/c1-5-14-7-6-13(11-17)10-15(14)21(18,19)16(12(2)3)8-9-20-4/h6-7,10,12,17H,5,8-9,11H2,1-4H3. The zero-order valence-electron chi connectivity index (χ0n) is 13.2. The third-order valence-corrected chi connectivity index (χ3v) is 5.53. The molecule has 0 saturated carbocycles. The van der Waals surface area contributed by atoms with Crippen LogP contribution in [0, 0.1) is 0 Å². The minimum Gasteiger partial charge on any atom is -0.392 e. The van der Waals surface area contributed by atoms with Gasteiger partial charge in [0, 0.05) is 19.7 Å². The van der Waals surface area contributed by atoms with Crippen molar-refractivity contribution in [3.8, 4) is 0 Å². The topological polar surface area (TPSA) is 66.8 Å². The summed E-state index contributed by atoms with van der Waals surface area (Å²) in [6.45, 7) is 6.08. The molecule has 0 aliphatic rings. The van der Waals surface area contributed by atoms with Crippen molar-refractivity contribution in [1.82, 2.24) is 4.31 Å². The number of rotatable bonds is 8.